The summed E-state index contributed by atoms with van der Waals surface area (Å²) in [6.45, 7) is 0. The van der Waals surface area contributed by atoms with Crippen LogP contribution in [0.15, 0.2) is 72.8 Å². The number of rotatable bonds is 1. The summed E-state index contributed by atoms with van der Waals surface area (Å²) in [6.07, 6.45) is 0. The first-order valence-electron chi connectivity index (χ1n) is 8.18. The number of aromatic nitrogens is 1. The molecule has 138 valence electrons. The molecule has 0 fully saturated rings. The van der Waals surface area contributed by atoms with E-state index in [-0.39, 0.29) is 5.82 Å². The molecule has 0 unspecified atom stereocenters. The molecule has 0 aliphatic carbocycles. The highest BCUT2D eigenvalue weighted by Gasteiger charge is 2.20. The summed E-state index contributed by atoms with van der Waals surface area (Å²) in [5, 5.41) is 2.35. The molecule has 0 radical (unpaired) electrons. The van der Waals surface area contributed by atoms with Gasteiger partial charge in [-0.1, -0.05) is 36.4 Å². The van der Waals surface area contributed by atoms with Crippen molar-refractivity contribution >= 4 is 29.1 Å². The molecule has 4 rings (SSSR count). The van der Waals surface area contributed by atoms with Crippen molar-refractivity contribution in [2.24, 2.45) is 7.05 Å². The number of fused-ring (bicyclic) bond motifs is 2. The minimum atomic E-state index is -6.00. The quantitative estimate of drug-likeness (QED) is 0.168. The fraction of sp³-hybridized carbons (Fsp3) is 0.0500. The Balaban J connectivity index is 0.000000376. The number of hydrogen-bond donors (Lipinski definition) is 0. The van der Waals surface area contributed by atoms with Gasteiger partial charge in [0, 0.05) is 17.7 Å². The molecule has 0 N–H and O–H groups in total. The van der Waals surface area contributed by atoms with Gasteiger partial charge in [-0.2, -0.15) is 4.57 Å². The van der Waals surface area contributed by atoms with Crippen LogP contribution in [0.25, 0.3) is 32.9 Å². The molecule has 0 saturated heterocycles. The Morgan fingerprint density at radius 1 is 0.667 bits per heavy atom. The molecule has 0 amide bonds. The van der Waals surface area contributed by atoms with Crippen molar-refractivity contribution in [2.45, 2.75) is 0 Å². The third-order valence-corrected chi connectivity index (χ3v) is 4.20. The van der Waals surface area contributed by atoms with Gasteiger partial charge < -0.3 is 17.3 Å². The molecular weight excluding hydrogens is 360 g/mol. The number of halogens is 5. The first-order chi connectivity index (χ1) is 12.8. The molecule has 27 heavy (non-hydrogen) atoms. The Kier molecular flexibility index (Phi) is 5.12. The molecule has 0 aliphatic rings. The van der Waals surface area contributed by atoms with Crippen molar-refractivity contribution in [1.29, 1.82) is 0 Å². The zero-order chi connectivity index (χ0) is 19.6. The Morgan fingerprint density at radius 2 is 1.07 bits per heavy atom. The molecule has 1 nitrogen and oxygen atoms in total. The van der Waals surface area contributed by atoms with Gasteiger partial charge in [-0.15, -0.1) is 0 Å². The van der Waals surface area contributed by atoms with E-state index in [2.05, 4.69) is 35.9 Å². The maximum absolute atomic E-state index is 13.3. The fourth-order valence-corrected chi connectivity index (χ4v) is 3.16. The summed E-state index contributed by atoms with van der Waals surface area (Å²) in [5.41, 5.74) is 4.53. The Bertz CT molecular complexity index is 1030. The molecule has 0 saturated carbocycles. The van der Waals surface area contributed by atoms with Gasteiger partial charge in [0.25, 0.3) is 0 Å². The van der Waals surface area contributed by atoms with Crippen LogP contribution in [0, 0.1) is 5.82 Å². The first-order valence-corrected chi connectivity index (χ1v) is 8.18. The molecule has 4 aromatic rings. The zero-order valence-corrected chi connectivity index (χ0v) is 14.3. The van der Waals surface area contributed by atoms with Crippen molar-refractivity contribution in [3.63, 3.8) is 0 Å². The summed E-state index contributed by atoms with van der Waals surface area (Å²) < 4.78 is 54.5. The van der Waals surface area contributed by atoms with Gasteiger partial charge >= 0.3 is 7.25 Å². The number of benzene rings is 3. The lowest BCUT2D eigenvalue weighted by atomic mass is 9.96. The van der Waals surface area contributed by atoms with E-state index in [9.17, 15) is 21.7 Å². The Labute approximate surface area is 152 Å². The standard InChI is InChI=1S/C20H15FN.BF4/c1-22-18-8-4-2-6-16(18)20(14-10-12-15(21)13-11-14)17-7-3-5-9-19(17)22;2-1(3,4)5/h2-13H,1H3;/q+1;-1. The largest absolute Gasteiger partial charge is 0.673 e. The van der Waals surface area contributed by atoms with E-state index in [0.717, 1.165) is 11.1 Å². The predicted molar refractivity (Wildman–Crippen MR) is 98.2 cm³/mol. The molecule has 1 heterocycles. The third kappa shape index (κ3) is 4.24. The van der Waals surface area contributed by atoms with Crippen LogP contribution in [-0.2, 0) is 7.05 Å². The minimum Gasteiger partial charge on any atom is -0.418 e. The smallest absolute Gasteiger partial charge is 0.418 e. The predicted octanol–water partition coefficient (Wildman–Crippen LogP) is 5.92. The van der Waals surface area contributed by atoms with Crippen LogP contribution in [0.2, 0.25) is 0 Å². The maximum atomic E-state index is 13.3. The van der Waals surface area contributed by atoms with Gasteiger partial charge in [0.2, 0.25) is 11.0 Å². The fourth-order valence-electron chi connectivity index (χ4n) is 3.16. The highest BCUT2D eigenvalue weighted by Crippen LogP contribution is 2.33. The minimum absolute atomic E-state index is 0.209. The van der Waals surface area contributed by atoms with E-state index in [4.69, 9.17) is 0 Å². The van der Waals surface area contributed by atoms with E-state index >= 15 is 0 Å². The monoisotopic (exact) mass is 375 g/mol. The van der Waals surface area contributed by atoms with E-state index in [1.807, 2.05) is 36.4 Å². The Morgan fingerprint density at radius 3 is 1.52 bits per heavy atom. The average molecular weight is 375 g/mol. The van der Waals surface area contributed by atoms with Crippen LogP contribution in [0.3, 0.4) is 0 Å². The molecule has 0 bridgehead atoms. The van der Waals surface area contributed by atoms with Gasteiger partial charge in [0.1, 0.15) is 12.9 Å². The number of para-hydroxylation sites is 2. The number of hydrogen-bond acceptors (Lipinski definition) is 0. The molecule has 7 heteroatoms. The van der Waals surface area contributed by atoms with Gasteiger partial charge in [-0.05, 0) is 29.8 Å². The lowest BCUT2D eigenvalue weighted by Gasteiger charge is -2.10. The molecular formula is C20H15BF5N. The van der Waals surface area contributed by atoms with Crippen LogP contribution >= 0.6 is 0 Å². The third-order valence-electron chi connectivity index (χ3n) is 4.20. The summed E-state index contributed by atoms with van der Waals surface area (Å²) >= 11 is 0. The van der Waals surface area contributed by atoms with E-state index in [1.54, 1.807) is 0 Å². The van der Waals surface area contributed by atoms with E-state index in [1.165, 1.54) is 33.9 Å². The maximum Gasteiger partial charge on any atom is 0.673 e. The topological polar surface area (TPSA) is 3.88 Å². The number of pyridine rings is 1. The van der Waals surface area contributed by atoms with Crippen molar-refractivity contribution in [2.75, 3.05) is 0 Å². The molecule has 0 atom stereocenters. The summed E-state index contributed by atoms with van der Waals surface area (Å²) in [5.74, 6) is -0.209. The van der Waals surface area contributed by atoms with Crippen molar-refractivity contribution in [3.05, 3.63) is 78.6 Å². The van der Waals surface area contributed by atoms with Crippen LogP contribution in [0.5, 0.6) is 0 Å². The Hall–Kier alpha value is -2.96. The van der Waals surface area contributed by atoms with Crippen molar-refractivity contribution in [3.8, 4) is 11.1 Å². The van der Waals surface area contributed by atoms with Gasteiger partial charge in [0.15, 0.2) is 0 Å². The summed E-state index contributed by atoms with van der Waals surface area (Å²) in [6, 6.07) is 23.4. The molecule has 3 aromatic carbocycles. The number of aryl methyl sites for hydroxylation is 1. The average Bonchev–Trinajstić information content (AvgIpc) is 2.62. The second-order valence-electron chi connectivity index (χ2n) is 5.97. The second kappa shape index (κ2) is 7.35. The lowest BCUT2D eigenvalue weighted by molar-refractivity contribution is -0.617. The van der Waals surface area contributed by atoms with Gasteiger partial charge in [0.05, 0.1) is 10.8 Å². The van der Waals surface area contributed by atoms with Crippen LogP contribution < -0.4 is 4.57 Å². The van der Waals surface area contributed by atoms with Gasteiger partial charge in [-0.3, -0.25) is 0 Å². The van der Waals surface area contributed by atoms with Crippen LogP contribution in [0.4, 0.5) is 21.7 Å². The highest BCUT2D eigenvalue weighted by molar-refractivity contribution is 6.50. The normalized spacial score (nSPS) is 11.3. The summed E-state index contributed by atoms with van der Waals surface area (Å²) in [4.78, 5) is 0. The van der Waals surface area contributed by atoms with E-state index in [0.29, 0.717) is 0 Å². The van der Waals surface area contributed by atoms with Crippen molar-refractivity contribution in [1.82, 2.24) is 0 Å². The van der Waals surface area contributed by atoms with E-state index < -0.39 is 7.25 Å². The SMILES string of the molecule is C[n+]1c2ccccc2c(-c2ccc(F)cc2)c2ccccc21.F[B-](F)(F)F. The van der Waals surface area contributed by atoms with Crippen molar-refractivity contribution < 1.29 is 26.2 Å². The molecule has 1 aromatic heterocycles. The zero-order valence-electron chi connectivity index (χ0n) is 14.3. The highest BCUT2D eigenvalue weighted by atomic mass is 19.5. The van der Waals surface area contributed by atoms with Crippen LogP contribution in [0.1, 0.15) is 0 Å². The molecule has 0 aliphatic heterocycles. The number of nitrogens with zero attached hydrogens (tertiary/aromatic N) is 1. The van der Waals surface area contributed by atoms with Crippen LogP contribution in [-0.4, -0.2) is 7.25 Å². The molecule has 0 spiro atoms. The van der Waals surface area contributed by atoms with Gasteiger partial charge in [-0.25, -0.2) is 4.39 Å². The first kappa shape index (κ1) is 18.8. The second-order valence-corrected chi connectivity index (χ2v) is 5.97. The summed E-state index contributed by atoms with van der Waals surface area (Å²) in [7, 11) is -3.92. The lowest BCUT2D eigenvalue weighted by Crippen LogP contribution is -2.30.